The van der Waals surface area contributed by atoms with Crippen molar-refractivity contribution >= 4 is 22.6 Å². The molecule has 26 heavy (non-hydrogen) atoms. The van der Waals surface area contributed by atoms with Crippen molar-refractivity contribution in [1.29, 1.82) is 5.26 Å². The summed E-state index contributed by atoms with van der Waals surface area (Å²) in [4.78, 5) is 19.4. The molecule has 0 fully saturated rings. The van der Waals surface area contributed by atoms with E-state index in [2.05, 4.69) is 16.0 Å². The van der Waals surface area contributed by atoms with Crippen molar-refractivity contribution in [1.82, 2.24) is 9.97 Å². The average Bonchev–Trinajstić information content (AvgIpc) is 3.00. The van der Waals surface area contributed by atoms with Gasteiger partial charge in [0, 0.05) is 6.42 Å². The molecule has 1 atom stereocenters. The molecule has 0 spiro atoms. The molecule has 0 radical (unpaired) electrons. The van der Waals surface area contributed by atoms with Gasteiger partial charge in [-0.05, 0) is 60.9 Å². The molecule has 128 valence electrons. The summed E-state index contributed by atoms with van der Waals surface area (Å²) in [7, 11) is 0. The maximum atomic E-state index is 12.3. The van der Waals surface area contributed by atoms with E-state index in [1.807, 2.05) is 32.0 Å². The Bertz CT molecular complexity index is 1150. The van der Waals surface area contributed by atoms with E-state index >= 15 is 0 Å². The number of para-hydroxylation sites is 1. The van der Waals surface area contributed by atoms with Crippen molar-refractivity contribution in [3.63, 3.8) is 0 Å². The quantitative estimate of drug-likeness (QED) is 0.721. The number of nitriles is 1. The highest BCUT2D eigenvalue weighted by molar-refractivity contribution is 5.89. The van der Waals surface area contributed by atoms with Crippen LogP contribution in [0.4, 0.5) is 0 Å². The van der Waals surface area contributed by atoms with Crippen molar-refractivity contribution in [2.75, 3.05) is 0 Å². The van der Waals surface area contributed by atoms with Crippen LogP contribution in [0.15, 0.2) is 41.2 Å². The van der Waals surface area contributed by atoms with Crippen LogP contribution in [0.2, 0.25) is 0 Å². The van der Waals surface area contributed by atoms with E-state index in [-0.39, 0.29) is 17.5 Å². The Balaban J connectivity index is 1.82. The summed E-state index contributed by atoms with van der Waals surface area (Å²) in [6.45, 7) is 4.04. The van der Waals surface area contributed by atoms with Gasteiger partial charge in [0.25, 0.3) is 5.56 Å². The standard InChI is InChI=1S/C21H17N3O2/c1-12-7-14(9-15-8-13(2)26-19(12)15)10-16(11-22)20-23-18-6-4-3-5-17(18)21(25)24-20/h3-7,9-10,13H,8H2,1-2H3,(H,23,24,25)/b16-10+. The molecule has 0 aliphatic carbocycles. The van der Waals surface area contributed by atoms with Crippen LogP contribution in [0.25, 0.3) is 22.6 Å². The van der Waals surface area contributed by atoms with E-state index in [0.717, 1.165) is 28.9 Å². The van der Waals surface area contributed by atoms with E-state index in [1.165, 1.54) is 0 Å². The molecule has 4 rings (SSSR count). The van der Waals surface area contributed by atoms with Gasteiger partial charge in [-0.2, -0.15) is 5.26 Å². The van der Waals surface area contributed by atoms with Crippen LogP contribution in [0, 0.1) is 18.3 Å². The largest absolute Gasteiger partial charge is 0.490 e. The van der Waals surface area contributed by atoms with Gasteiger partial charge >= 0.3 is 0 Å². The summed E-state index contributed by atoms with van der Waals surface area (Å²) >= 11 is 0. The maximum Gasteiger partial charge on any atom is 0.259 e. The third-order valence-electron chi connectivity index (χ3n) is 4.50. The Morgan fingerprint density at radius 3 is 3.00 bits per heavy atom. The van der Waals surface area contributed by atoms with E-state index in [1.54, 1.807) is 24.3 Å². The molecule has 1 N–H and O–H groups in total. The molecule has 1 unspecified atom stereocenters. The van der Waals surface area contributed by atoms with Crippen LogP contribution in [0.3, 0.4) is 0 Å². The average molecular weight is 343 g/mol. The Hall–Kier alpha value is -3.39. The van der Waals surface area contributed by atoms with E-state index < -0.39 is 0 Å². The molecule has 0 saturated carbocycles. The lowest BCUT2D eigenvalue weighted by molar-refractivity contribution is 0.253. The smallest absolute Gasteiger partial charge is 0.259 e. The van der Waals surface area contributed by atoms with E-state index in [4.69, 9.17) is 4.74 Å². The van der Waals surface area contributed by atoms with Gasteiger partial charge in [0.2, 0.25) is 0 Å². The number of benzene rings is 2. The Morgan fingerprint density at radius 2 is 2.19 bits per heavy atom. The van der Waals surface area contributed by atoms with Crippen molar-refractivity contribution < 1.29 is 4.74 Å². The fraction of sp³-hybridized carbons (Fsp3) is 0.190. The minimum atomic E-state index is -0.251. The highest BCUT2D eigenvalue weighted by Crippen LogP contribution is 2.34. The summed E-state index contributed by atoms with van der Waals surface area (Å²) < 4.78 is 5.83. The lowest BCUT2D eigenvalue weighted by Gasteiger charge is -2.07. The molecule has 2 heterocycles. The van der Waals surface area contributed by atoms with Crippen LogP contribution in [0.1, 0.15) is 29.4 Å². The molecule has 1 aromatic heterocycles. The first kappa shape index (κ1) is 16.1. The number of fused-ring (bicyclic) bond motifs is 2. The second-order valence-corrected chi connectivity index (χ2v) is 6.56. The van der Waals surface area contributed by atoms with Crippen LogP contribution in [0.5, 0.6) is 5.75 Å². The minimum absolute atomic E-state index is 0.164. The second-order valence-electron chi connectivity index (χ2n) is 6.56. The summed E-state index contributed by atoms with van der Waals surface area (Å²) in [5.41, 5.74) is 3.71. The number of ether oxygens (including phenoxy) is 1. The van der Waals surface area contributed by atoms with Crippen LogP contribution in [-0.2, 0) is 6.42 Å². The Labute approximate surface area is 150 Å². The lowest BCUT2D eigenvalue weighted by atomic mass is 10.0. The molecule has 2 aromatic carbocycles. The van der Waals surface area contributed by atoms with E-state index in [0.29, 0.717) is 16.5 Å². The molecule has 5 heteroatoms. The third-order valence-corrected chi connectivity index (χ3v) is 4.50. The minimum Gasteiger partial charge on any atom is -0.490 e. The van der Waals surface area contributed by atoms with Gasteiger partial charge in [-0.3, -0.25) is 4.79 Å². The predicted octanol–water partition coefficient (Wildman–Crippen LogP) is 3.62. The first-order chi connectivity index (χ1) is 12.5. The van der Waals surface area contributed by atoms with Crippen molar-refractivity contribution in [3.05, 3.63) is 69.3 Å². The zero-order valence-corrected chi connectivity index (χ0v) is 14.5. The number of nitrogens with zero attached hydrogens (tertiary/aromatic N) is 2. The molecular weight excluding hydrogens is 326 g/mol. The van der Waals surface area contributed by atoms with Gasteiger partial charge in [0.15, 0.2) is 5.82 Å². The van der Waals surface area contributed by atoms with Crippen molar-refractivity contribution in [2.24, 2.45) is 0 Å². The number of rotatable bonds is 2. The van der Waals surface area contributed by atoms with Gasteiger partial charge in [0.05, 0.1) is 16.5 Å². The second kappa shape index (κ2) is 6.16. The van der Waals surface area contributed by atoms with Crippen molar-refractivity contribution in [2.45, 2.75) is 26.4 Å². The zero-order valence-electron chi connectivity index (χ0n) is 14.5. The normalized spacial score (nSPS) is 16.2. The Morgan fingerprint density at radius 1 is 1.38 bits per heavy atom. The first-order valence-electron chi connectivity index (χ1n) is 8.46. The lowest BCUT2D eigenvalue weighted by Crippen LogP contribution is -2.11. The zero-order chi connectivity index (χ0) is 18.3. The maximum absolute atomic E-state index is 12.3. The molecule has 1 aliphatic heterocycles. The predicted molar refractivity (Wildman–Crippen MR) is 101 cm³/mol. The van der Waals surface area contributed by atoms with E-state index in [9.17, 15) is 10.1 Å². The fourth-order valence-electron chi connectivity index (χ4n) is 3.37. The number of hydrogen-bond acceptors (Lipinski definition) is 4. The molecule has 1 aliphatic rings. The third kappa shape index (κ3) is 2.76. The topological polar surface area (TPSA) is 78.8 Å². The van der Waals surface area contributed by atoms with Crippen LogP contribution in [-0.4, -0.2) is 16.1 Å². The highest BCUT2D eigenvalue weighted by Gasteiger charge is 2.21. The summed E-state index contributed by atoms with van der Waals surface area (Å²) in [5, 5.41) is 10.1. The molecule has 5 nitrogen and oxygen atoms in total. The molecular formula is C21H17N3O2. The number of aryl methyl sites for hydroxylation is 1. The van der Waals surface area contributed by atoms with Gasteiger partial charge in [0.1, 0.15) is 17.9 Å². The fourth-order valence-corrected chi connectivity index (χ4v) is 3.37. The number of aromatic amines is 1. The van der Waals surface area contributed by atoms with Gasteiger partial charge < -0.3 is 9.72 Å². The number of H-pyrrole nitrogens is 1. The molecule has 0 saturated heterocycles. The van der Waals surface area contributed by atoms with Gasteiger partial charge in [-0.1, -0.05) is 12.1 Å². The first-order valence-corrected chi connectivity index (χ1v) is 8.46. The molecule has 3 aromatic rings. The summed E-state index contributed by atoms with van der Waals surface area (Å²) in [6.07, 6.45) is 2.77. The van der Waals surface area contributed by atoms with Crippen LogP contribution >= 0.6 is 0 Å². The summed E-state index contributed by atoms with van der Waals surface area (Å²) in [6, 6.07) is 13.2. The van der Waals surface area contributed by atoms with Gasteiger partial charge in [-0.25, -0.2) is 4.98 Å². The number of allylic oxidation sites excluding steroid dienone is 1. The summed E-state index contributed by atoms with van der Waals surface area (Å²) in [5.74, 6) is 1.21. The molecule has 0 amide bonds. The van der Waals surface area contributed by atoms with Crippen LogP contribution < -0.4 is 10.3 Å². The number of hydrogen-bond donors (Lipinski definition) is 1. The molecule has 0 bridgehead atoms. The van der Waals surface area contributed by atoms with Crippen molar-refractivity contribution in [3.8, 4) is 11.8 Å². The monoisotopic (exact) mass is 343 g/mol. The number of aromatic nitrogens is 2. The Kier molecular flexibility index (Phi) is 3.81. The number of nitrogens with one attached hydrogen (secondary N) is 1. The van der Waals surface area contributed by atoms with Gasteiger partial charge in [-0.15, -0.1) is 0 Å². The highest BCUT2D eigenvalue weighted by atomic mass is 16.5. The SMILES string of the molecule is Cc1cc(/C=C(\C#N)c2nc3ccccc3c(=O)[nH]2)cc2c1OC(C)C2.